The Balaban J connectivity index is 1.22. The third-order valence-corrected chi connectivity index (χ3v) is 8.06. The van der Waals surface area contributed by atoms with E-state index in [1.165, 1.54) is 69.8 Å². The summed E-state index contributed by atoms with van der Waals surface area (Å²) in [5.41, 5.74) is 2.94. The number of hydrogen-bond donors (Lipinski definition) is 0. The van der Waals surface area contributed by atoms with Crippen molar-refractivity contribution in [1.82, 2.24) is 0 Å². The summed E-state index contributed by atoms with van der Waals surface area (Å²) in [5.74, 6) is 5.14. The van der Waals surface area contributed by atoms with E-state index in [9.17, 15) is 0 Å². The highest BCUT2D eigenvalue weighted by Crippen LogP contribution is 2.39. The molecule has 1 aromatic rings. The van der Waals surface area contributed by atoms with Gasteiger partial charge < -0.3 is 0 Å². The summed E-state index contributed by atoms with van der Waals surface area (Å²) in [5, 5.41) is 0. The number of benzene rings is 1. The molecule has 2 fully saturated rings. The number of rotatable bonds is 4. The van der Waals surface area contributed by atoms with Gasteiger partial charge in [0.05, 0.1) is 0 Å². The molecule has 0 aromatic heterocycles. The van der Waals surface area contributed by atoms with Crippen molar-refractivity contribution in [2.24, 2.45) is 29.6 Å². The van der Waals surface area contributed by atoms with Crippen LogP contribution < -0.4 is 0 Å². The SMILES string of the molecule is Cc1ccc(C2CCC(/C=C/C3C=CC(C4CCC(C)CC4)CC3)CC2)cc1. The summed E-state index contributed by atoms with van der Waals surface area (Å²) in [4.78, 5) is 0. The number of hydrogen-bond acceptors (Lipinski definition) is 0. The smallest absolute Gasteiger partial charge is 0.00531 e. The van der Waals surface area contributed by atoms with E-state index >= 15 is 0 Å². The molecule has 0 nitrogen and oxygen atoms in total. The molecule has 4 rings (SSSR count). The Bertz CT molecular complexity index is 648. The Labute approximate surface area is 173 Å². The van der Waals surface area contributed by atoms with Crippen molar-refractivity contribution < 1.29 is 0 Å². The van der Waals surface area contributed by atoms with Gasteiger partial charge in [-0.25, -0.2) is 0 Å². The van der Waals surface area contributed by atoms with Crippen LogP contribution in [0.1, 0.15) is 88.2 Å². The Morgan fingerprint density at radius 3 is 2.07 bits per heavy atom. The maximum Gasteiger partial charge on any atom is -0.00531 e. The van der Waals surface area contributed by atoms with Crippen LogP contribution in [0.5, 0.6) is 0 Å². The molecule has 0 heterocycles. The van der Waals surface area contributed by atoms with Gasteiger partial charge in [0.15, 0.2) is 0 Å². The Hall–Kier alpha value is -1.30. The standard InChI is InChI=1S/C28H40/c1-21-3-13-25(14-4-21)27-17-9-23(10-18-27)7-8-24-11-19-28(20-12-24)26-15-5-22(2)6-16-26/h3-4,7-8,11,13-14,19,22-24,26-28H,5-6,9-10,12,15-18,20H2,1-2H3/b8-7+. The first-order valence-corrected chi connectivity index (χ1v) is 12.1. The van der Waals surface area contributed by atoms with Gasteiger partial charge in [-0.05, 0) is 99.4 Å². The van der Waals surface area contributed by atoms with Crippen molar-refractivity contribution in [3.05, 3.63) is 59.7 Å². The zero-order valence-corrected chi connectivity index (χ0v) is 18.2. The lowest BCUT2D eigenvalue weighted by molar-refractivity contribution is 0.224. The molecule has 2 saturated carbocycles. The van der Waals surface area contributed by atoms with Gasteiger partial charge in [0.2, 0.25) is 0 Å². The predicted octanol–water partition coefficient (Wildman–Crippen LogP) is 8.23. The van der Waals surface area contributed by atoms with Gasteiger partial charge in [-0.1, -0.05) is 73.9 Å². The van der Waals surface area contributed by atoms with Crippen LogP contribution in [0.2, 0.25) is 0 Å². The van der Waals surface area contributed by atoms with Crippen molar-refractivity contribution in [3.63, 3.8) is 0 Å². The fraction of sp³-hybridized carbons (Fsp3) is 0.643. The monoisotopic (exact) mass is 376 g/mol. The van der Waals surface area contributed by atoms with E-state index in [1.54, 1.807) is 5.56 Å². The van der Waals surface area contributed by atoms with Crippen LogP contribution in [0.3, 0.4) is 0 Å². The molecule has 3 aliphatic rings. The molecular formula is C28H40. The van der Waals surface area contributed by atoms with Crippen LogP contribution in [-0.2, 0) is 0 Å². The van der Waals surface area contributed by atoms with Crippen LogP contribution >= 0.6 is 0 Å². The van der Waals surface area contributed by atoms with E-state index in [0.29, 0.717) is 5.92 Å². The largest absolute Gasteiger partial charge is 0.0848 e. The highest BCUT2D eigenvalue weighted by Gasteiger charge is 2.27. The third-order valence-electron chi connectivity index (χ3n) is 8.06. The van der Waals surface area contributed by atoms with Gasteiger partial charge in [-0.15, -0.1) is 0 Å². The van der Waals surface area contributed by atoms with E-state index in [-0.39, 0.29) is 0 Å². The summed E-state index contributed by atoms with van der Waals surface area (Å²) in [7, 11) is 0. The second-order valence-electron chi connectivity index (χ2n) is 10.2. The molecule has 2 atom stereocenters. The summed E-state index contributed by atoms with van der Waals surface area (Å²) >= 11 is 0. The van der Waals surface area contributed by atoms with Crippen LogP contribution in [0.15, 0.2) is 48.6 Å². The first-order valence-electron chi connectivity index (χ1n) is 12.1. The fourth-order valence-electron chi connectivity index (χ4n) is 5.91. The van der Waals surface area contributed by atoms with Gasteiger partial charge in [-0.3, -0.25) is 0 Å². The molecule has 0 amide bonds. The molecule has 0 radical (unpaired) electrons. The minimum atomic E-state index is 0.702. The Kier molecular flexibility index (Phi) is 6.76. The molecule has 152 valence electrons. The zero-order valence-electron chi connectivity index (χ0n) is 18.2. The summed E-state index contributed by atoms with van der Waals surface area (Å²) in [6.07, 6.45) is 24.4. The van der Waals surface area contributed by atoms with Gasteiger partial charge in [0.25, 0.3) is 0 Å². The van der Waals surface area contributed by atoms with Crippen molar-refractivity contribution in [2.45, 2.75) is 84.0 Å². The quantitative estimate of drug-likeness (QED) is 0.464. The van der Waals surface area contributed by atoms with Crippen LogP contribution in [0.4, 0.5) is 0 Å². The topological polar surface area (TPSA) is 0 Å². The number of aryl methyl sites for hydroxylation is 1. The van der Waals surface area contributed by atoms with Gasteiger partial charge in [0.1, 0.15) is 0 Å². The van der Waals surface area contributed by atoms with E-state index in [4.69, 9.17) is 0 Å². The molecular weight excluding hydrogens is 336 g/mol. The molecule has 0 spiro atoms. The molecule has 0 saturated heterocycles. The molecule has 0 aliphatic heterocycles. The van der Waals surface area contributed by atoms with E-state index in [0.717, 1.165) is 29.6 Å². The highest BCUT2D eigenvalue weighted by molar-refractivity contribution is 5.25. The van der Waals surface area contributed by atoms with Gasteiger partial charge in [-0.2, -0.15) is 0 Å². The third kappa shape index (κ3) is 5.19. The van der Waals surface area contributed by atoms with E-state index < -0.39 is 0 Å². The minimum Gasteiger partial charge on any atom is -0.0848 e. The van der Waals surface area contributed by atoms with Crippen LogP contribution in [-0.4, -0.2) is 0 Å². The first-order chi connectivity index (χ1) is 13.7. The average Bonchev–Trinajstić information content (AvgIpc) is 2.74. The second-order valence-corrected chi connectivity index (χ2v) is 10.2. The molecule has 28 heavy (non-hydrogen) atoms. The van der Waals surface area contributed by atoms with Crippen LogP contribution in [0.25, 0.3) is 0 Å². The highest BCUT2D eigenvalue weighted by atomic mass is 14.3. The second kappa shape index (κ2) is 9.47. The summed E-state index contributed by atoms with van der Waals surface area (Å²) in [6, 6.07) is 9.26. The maximum absolute atomic E-state index is 2.59. The summed E-state index contributed by atoms with van der Waals surface area (Å²) in [6.45, 7) is 4.62. The molecule has 0 heteroatoms. The van der Waals surface area contributed by atoms with Crippen molar-refractivity contribution >= 4 is 0 Å². The minimum absolute atomic E-state index is 0.702. The lowest BCUT2D eigenvalue weighted by atomic mass is 9.72. The predicted molar refractivity (Wildman–Crippen MR) is 121 cm³/mol. The molecule has 2 unspecified atom stereocenters. The molecule has 3 aliphatic carbocycles. The summed E-state index contributed by atoms with van der Waals surface area (Å²) < 4.78 is 0. The Morgan fingerprint density at radius 2 is 1.43 bits per heavy atom. The van der Waals surface area contributed by atoms with Gasteiger partial charge in [0, 0.05) is 0 Å². The lowest BCUT2D eigenvalue weighted by Crippen LogP contribution is -2.22. The lowest BCUT2D eigenvalue weighted by Gasteiger charge is -2.33. The maximum atomic E-state index is 2.59. The fourth-order valence-corrected chi connectivity index (χ4v) is 5.91. The first kappa shape index (κ1) is 20.0. The van der Waals surface area contributed by atoms with Crippen molar-refractivity contribution in [2.75, 3.05) is 0 Å². The normalized spacial score (nSPS) is 36.6. The molecule has 1 aromatic carbocycles. The van der Waals surface area contributed by atoms with E-state index in [2.05, 4.69) is 62.4 Å². The molecule has 0 bridgehead atoms. The van der Waals surface area contributed by atoms with Gasteiger partial charge >= 0.3 is 0 Å². The van der Waals surface area contributed by atoms with E-state index in [1.807, 2.05) is 0 Å². The van der Waals surface area contributed by atoms with Crippen molar-refractivity contribution in [1.29, 1.82) is 0 Å². The van der Waals surface area contributed by atoms with Crippen LogP contribution in [0, 0.1) is 36.5 Å². The van der Waals surface area contributed by atoms with Crippen molar-refractivity contribution in [3.8, 4) is 0 Å². The number of allylic oxidation sites excluding steroid dienone is 4. The zero-order chi connectivity index (χ0) is 19.3. The Morgan fingerprint density at radius 1 is 0.714 bits per heavy atom. The average molecular weight is 377 g/mol. The molecule has 0 N–H and O–H groups in total.